The van der Waals surface area contributed by atoms with Crippen LogP contribution in [0.2, 0.25) is 0 Å². The lowest BCUT2D eigenvalue weighted by atomic mass is 9.80. The molecule has 1 aliphatic rings. The molecule has 1 aromatic heterocycles. The Morgan fingerprint density at radius 3 is 2.68 bits per heavy atom. The third kappa shape index (κ3) is 8.06. The number of benzene rings is 1. The zero-order chi connectivity index (χ0) is 27.2. The topological polar surface area (TPSA) is 93.1 Å². The van der Waals surface area contributed by atoms with Gasteiger partial charge < -0.3 is 19.5 Å². The highest BCUT2D eigenvalue weighted by atomic mass is 32.1. The number of hydrogen-bond donors (Lipinski definition) is 1. The largest absolute Gasteiger partial charge is 0.508 e. The lowest BCUT2D eigenvalue weighted by Crippen LogP contribution is -2.45. The fourth-order valence-corrected chi connectivity index (χ4v) is 5.33. The van der Waals surface area contributed by atoms with Gasteiger partial charge in [-0.15, -0.1) is 11.3 Å². The van der Waals surface area contributed by atoms with Gasteiger partial charge in [-0.05, 0) is 99.6 Å². The lowest BCUT2D eigenvalue weighted by molar-refractivity contribution is -0.164. The minimum absolute atomic E-state index is 0.0109. The van der Waals surface area contributed by atoms with Crippen molar-refractivity contribution in [3.63, 3.8) is 0 Å². The molecule has 0 spiro atoms. The molecule has 202 valence electrons. The molecule has 1 aliphatic carbocycles. The zero-order valence-electron chi connectivity index (χ0n) is 22.5. The van der Waals surface area contributed by atoms with Crippen molar-refractivity contribution >= 4 is 29.2 Å². The number of nitrogens with zero attached hydrogens (tertiary/aromatic N) is 1. The molecule has 37 heavy (non-hydrogen) atoms. The van der Waals surface area contributed by atoms with E-state index in [0.717, 1.165) is 48.8 Å². The number of carbonyl (C=O) groups is 3. The third-order valence-electron chi connectivity index (χ3n) is 6.46. The number of amides is 1. The molecule has 1 N–H and O–H groups in total. The molecule has 1 aromatic carbocycles. The van der Waals surface area contributed by atoms with Crippen LogP contribution in [0.15, 0.2) is 29.6 Å². The second-order valence-corrected chi connectivity index (χ2v) is 11.6. The number of unbranched alkanes of at least 4 members (excludes halogenated alkanes) is 1. The maximum absolute atomic E-state index is 13.7. The van der Waals surface area contributed by atoms with Gasteiger partial charge in [0.25, 0.3) is 0 Å². The first kappa shape index (κ1) is 28.7. The maximum atomic E-state index is 13.7. The van der Waals surface area contributed by atoms with E-state index in [2.05, 4.69) is 0 Å². The highest BCUT2D eigenvalue weighted by molar-refractivity contribution is 7.12. The molecule has 0 bridgehead atoms. The Kier molecular flexibility index (Phi) is 9.76. The summed E-state index contributed by atoms with van der Waals surface area (Å²) >= 11 is 1.27. The van der Waals surface area contributed by atoms with Crippen LogP contribution in [0.3, 0.4) is 0 Å². The van der Waals surface area contributed by atoms with Gasteiger partial charge in [-0.25, -0.2) is 9.59 Å². The molecular formula is C29H39NO6S. The number of carbonyl (C=O) groups excluding carboxylic acids is 3. The minimum Gasteiger partial charge on any atom is -0.508 e. The first-order valence-corrected chi connectivity index (χ1v) is 13.9. The molecule has 3 rings (SSSR count). The molecule has 8 heteroatoms. The normalized spacial score (nSPS) is 16.0. The van der Waals surface area contributed by atoms with Crippen LogP contribution < -0.4 is 0 Å². The fourth-order valence-electron chi connectivity index (χ4n) is 4.54. The van der Waals surface area contributed by atoms with Gasteiger partial charge >= 0.3 is 11.9 Å². The van der Waals surface area contributed by atoms with E-state index < -0.39 is 17.6 Å². The van der Waals surface area contributed by atoms with Gasteiger partial charge in [-0.1, -0.05) is 19.4 Å². The second-order valence-electron chi connectivity index (χ2n) is 10.7. The van der Waals surface area contributed by atoms with E-state index in [1.165, 1.54) is 11.3 Å². The van der Waals surface area contributed by atoms with E-state index in [-0.39, 0.29) is 36.5 Å². The number of thiophene rings is 1. The Hall–Kier alpha value is -2.87. The smallest absolute Gasteiger partial charge is 0.348 e. The number of fused-ring (bicyclic) bond motifs is 1. The van der Waals surface area contributed by atoms with E-state index in [1.54, 1.807) is 50.8 Å². The number of phenols is 1. The molecule has 1 unspecified atom stereocenters. The fraction of sp³-hybridized carbons (Fsp3) is 0.552. The van der Waals surface area contributed by atoms with Gasteiger partial charge in [-0.3, -0.25) is 4.79 Å². The van der Waals surface area contributed by atoms with Gasteiger partial charge in [0.05, 0.1) is 6.61 Å². The summed E-state index contributed by atoms with van der Waals surface area (Å²) in [6.07, 6.45) is 4.67. The standard InChI is InChI=1S/C29H39NO6S/c1-6-7-13-35-28(34)25-14-20(18-37-25)17-30(19(2)27(33)36-29(3,4)5)26(32)16-22-10-8-9-21-15-23(31)11-12-24(21)22/h11-12,14-15,18-19,22,31H,6-10,13,16-17H2,1-5H3/t19-,22?/m1/s1. The van der Waals surface area contributed by atoms with E-state index in [4.69, 9.17) is 9.47 Å². The molecular weight excluding hydrogens is 490 g/mol. The van der Waals surface area contributed by atoms with Gasteiger partial charge in [0.2, 0.25) is 5.91 Å². The molecule has 0 saturated heterocycles. The molecule has 0 radical (unpaired) electrons. The van der Waals surface area contributed by atoms with Crippen molar-refractivity contribution in [2.45, 2.75) is 97.2 Å². The summed E-state index contributed by atoms with van der Waals surface area (Å²) in [5.41, 5.74) is 2.24. The molecule has 2 atom stereocenters. The van der Waals surface area contributed by atoms with Crippen LogP contribution in [-0.2, 0) is 32.0 Å². The number of phenolic OH excluding ortho intramolecular Hbond substituents is 1. The van der Waals surface area contributed by atoms with Gasteiger partial charge in [0.1, 0.15) is 22.3 Å². The minimum atomic E-state index is -0.797. The molecule has 0 aliphatic heterocycles. The van der Waals surface area contributed by atoms with E-state index in [1.807, 2.05) is 18.4 Å². The number of rotatable bonds is 10. The Labute approximate surface area is 223 Å². The molecule has 7 nitrogen and oxygen atoms in total. The first-order valence-electron chi connectivity index (χ1n) is 13.1. The number of hydrogen-bond acceptors (Lipinski definition) is 7. The summed E-state index contributed by atoms with van der Waals surface area (Å²) in [4.78, 5) is 41.1. The summed E-state index contributed by atoms with van der Waals surface area (Å²) in [6, 6.07) is 6.28. The summed E-state index contributed by atoms with van der Waals surface area (Å²) < 4.78 is 10.9. The molecule has 0 saturated carbocycles. The Bertz CT molecular complexity index is 1100. The maximum Gasteiger partial charge on any atom is 0.348 e. The van der Waals surface area contributed by atoms with Crippen LogP contribution in [0.4, 0.5) is 0 Å². The van der Waals surface area contributed by atoms with Gasteiger partial charge in [0.15, 0.2) is 0 Å². The summed E-state index contributed by atoms with van der Waals surface area (Å²) in [5.74, 6) is -0.749. The van der Waals surface area contributed by atoms with Gasteiger partial charge in [-0.2, -0.15) is 0 Å². The van der Waals surface area contributed by atoms with Crippen molar-refractivity contribution < 1.29 is 29.0 Å². The Morgan fingerprint density at radius 1 is 1.22 bits per heavy atom. The highest BCUT2D eigenvalue weighted by Gasteiger charge is 2.33. The van der Waals surface area contributed by atoms with Crippen molar-refractivity contribution in [2.75, 3.05) is 6.61 Å². The van der Waals surface area contributed by atoms with Crippen LogP contribution in [0.25, 0.3) is 0 Å². The molecule has 2 aromatic rings. The van der Waals surface area contributed by atoms with Crippen molar-refractivity contribution in [3.8, 4) is 5.75 Å². The number of aromatic hydroxyl groups is 1. The molecule has 0 fully saturated rings. The van der Waals surface area contributed by atoms with Crippen LogP contribution >= 0.6 is 11.3 Å². The van der Waals surface area contributed by atoms with Crippen LogP contribution in [0.1, 0.15) is 99.0 Å². The Balaban J connectivity index is 1.80. The quantitative estimate of drug-likeness (QED) is 0.301. The van der Waals surface area contributed by atoms with Crippen molar-refractivity contribution in [3.05, 3.63) is 51.2 Å². The highest BCUT2D eigenvalue weighted by Crippen LogP contribution is 2.36. The van der Waals surface area contributed by atoms with E-state index in [0.29, 0.717) is 11.5 Å². The SMILES string of the molecule is CCCCOC(=O)c1cc(CN(C(=O)CC2CCCc3cc(O)ccc32)[C@H](C)C(=O)OC(C)(C)C)cs1. The second kappa shape index (κ2) is 12.6. The summed E-state index contributed by atoms with van der Waals surface area (Å²) in [7, 11) is 0. The van der Waals surface area contributed by atoms with Crippen LogP contribution in [0, 0.1) is 0 Å². The van der Waals surface area contributed by atoms with Gasteiger partial charge in [0, 0.05) is 13.0 Å². The average Bonchev–Trinajstić information content (AvgIpc) is 3.30. The number of aryl methyl sites for hydroxylation is 1. The molecule has 1 heterocycles. The third-order valence-corrected chi connectivity index (χ3v) is 7.42. The molecule has 1 amide bonds. The lowest BCUT2D eigenvalue weighted by Gasteiger charge is -2.32. The predicted molar refractivity (Wildman–Crippen MR) is 144 cm³/mol. The van der Waals surface area contributed by atoms with Crippen LogP contribution in [-0.4, -0.2) is 46.1 Å². The first-order chi connectivity index (χ1) is 17.5. The Morgan fingerprint density at radius 2 is 1.97 bits per heavy atom. The van der Waals surface area contributed by atoms with Crippen molar-refractivity contribution in [2.24, 2.45) is 0 Å². The number of ether oxygens (including phenoxy) is 2. The van der Waals surface area contributed by atoms with E-state index in [9.17, 15) is 19.5 Å². The van der Waals surface area contributed by atoms with Crippen molar-refractivity contribution in [1.82, 2.24) is 4.90 Å². The predicted octanol–water partition coefficient (Wildman–Crippen LogP) is 5.98. The van der Waals surface area contributed by atoms with Crippen LogP contribution in [0.5, 0.6) is 5.75 Å². The van der Waals surface area contributed by atoms with E-state index >= 15 is 0 Å². The zero-order valence-corrected chi connectivity index (χ0v) is 23.4. The summed E-state index contributed by atoms with van der Waals surface area (Å²) in [6.45, 7) is 9.68. The number of esters is 2. The summed E-state index contributed by atoms with van der Waals surface area (Å²) in [5, 5.41) is 11.7. The van der Waals surface area contributed by atoms with Crippen molar-refractivity contribution in [1.29, 1.82) is 0 Å². The monoisotopic (exact) mass is 529 g/mol. The average molecular weight is 530 g/mol.